The van der Waals surface area contributed by atoms with Crippen LogP contribution in [0.2, 0.25) is 0 Å². The van der Waals surface area contributed by atoms with Crippen LogP contribution in [0.15, 0.2) is 8.83 Å². The molecule has 0 radical (unpaired) electrons. The lowest BCUT2D eigenvalue weighted by Gasteiger charge is -2.22. The molecule has 0 saturated carbocycles. The van der Waals surface area contributed by atoms with E-state index in [2.05, 4.69) is 44.8 Å². The Labute approximate surface area is 120 Å². The van der Waals surface area contributed by atoms with E-state index >= 15 is 0 Å². The lowest BCUT2D eigenvalue weighted by molar-refractivity contribution is -0.118. The number of rotatable bonds is 5. The van der Waals surface area contributed by atoms with Crippen LogP contribution in [0, 0.1) is 9.67 Å². The first kappa shape index (κ1) is 15.0. The van der Waals surface area contributed by atoms with E-state index in [0.29, 0.717) is 0 Å². The molecule has 0 saturated heterocycles. The van der Waals surface area contributed by atoms with Crippen molar-refractivity contribution in [3.05, 3.63) is 21.5 Å². The number of aromatic nitrogens is 4. The number of hydrogen-bond acceptors (Lipinski definition) is 10. The zero-order valence-corrected chi connectivity index (χ0v) is 11.3. The summed E-state index contributed by atoms with van der Waals surface area (Å²) in [6.45, 7) is 0. The summed E-state index contributed by atoms with van der Waals surface area (Å²) in [6.07, 6.45) is -7.08. The third-order valence-corrected chi connectivity index (χ3v) is 2.76. The molecular weight excluding hydrogens is 312 g/mol. The van der Waals surface area contributed by atoms with E-state index in [-0.39, 0.29) is 21.5 Å². The summed E-state index contributed by atoms with van der Waals surface area (Å²) in [7, 11) is 0. The summed E-state index contributed by atoms with van der Waals surface area (Å²) in [4.78, 5) is -0.223. The average Bonchev–Trinajstić information content (AvgIpc) is 3.04. The van der Waals surface area contributed by atoms with E-state index in [4.69, 9.17) is 8.83 Å². The normalized spacial score (nSPS) is 17.6. The second kappa shape index (κ2) is 5.90. The molecule has 110 valence electrons. The molecule has 2 aromatic heterocycles. The fourth-order valence-electron chi connectivity index (χ4n) is 1.40. The summed E-state index contributed by atoms with van der Waals surface area (Å²) >= 11 is 9.21. The van der Waals surface area contributed by atoms with Crippen LogP contribution >= 0.6 is 24.4 Å². The summed E-state index contributed by atoms with van der Waals surface area (Å²) in [5.41, 5.74) is 0. The highest BCUT2D eigenvalue weighted by atomic mass is 32.1. The van der Waals surface area contributed by atoms with Gasteiger partial charge in [0.05, 0.1) is 0 Å². The zero-order chi connectivity index (χ0) is 14.9. The predicted molar refractivity (Wildman–Crippen MR) is 65.3 cm³/mol. The number of nitrogens with zero attached hydrogens (tertiary/aromatic N) is 2. The minimum Gasteiger partial charge on any atom is -0.411 e. The maximum atomic E-state index is 9.77. The van der Waals surface area contributed by atoms with Crippen molar-refractivity contribution in [2.24, 2.45) is 0 Å². The highest BCUT2D eigenvalue weighted by Crippen LogP contribution is 2.24. The largest absolute Gasteiger partial charge is 0.411 e. The van der Waals surface area contributed by atoms with Gasteiger partial charge in [0.1, 0.15) is 12.2 Å². The molecule has 0 aliphatic carbocycles. The summed E-state index contributed by atoms with van der Waals surface area (Å²) in [5.74, 6) is -0.673. The van der Waals surface area contributed by atoms with Gasteiger partial charge < -0.3 is 29.3 Å². The van der Waals surface area contributed by atoms with Gasteiger partial charge in [-0.2, -0.15) is 0 Å². The lowest BCUT2D eigenvalue weighted by atomic mass is 10.0. The van der Waals surface area contributed by atoms with Gasteiger partial charge in [-0.1, -0.05) is 0 Å². The summed E-state index contributed by atoms with van der Waals surface area (Å²) in [6, 6.07) is 0. The molecule has 0 aromatic carbocycles. The van der Waals surface area contributed by atoms with Crippen LogP contribution in [0.25, 0.3) is 0 Å². The molecule has 0 fully saturated rings. The Morgan fingerprint density at radius 1 is 0.800 bits per heavy atom. The first-order valence-corrected chi connectivity index (χ1v) is 6.05. The molecular formula is C8H10N4O6S2. The van der Waals surface area contributed by atoms with Gasteiger partial charge in [-0.05, 0) is 24.4 Å². The van der Waals surface area contributed by atoms with E-state index in [0.717, 1.165) is 0 Å². The van der Waals surface area contributed by atoms with Gasteiger partial charge in [-0.15, -0.1) is 10.2 Å². The monoisotopic (exact) mass is 322 g/mol. The molecule has 10 nitrogen and oxygen atoms in total. The molecule has 0 bridgehead atoms. The van der Waals surface area contributed by atoms with Crippen LogP contribution in [0.5, 0.6) is 0 Å². The Balaban J connectivity index is 2.13. The molecule has 2 aromatic rings. The van der Waals surface area contributed by atoms with E-state index < -0.39 is 24.4 Å². The van der Waals surface area contributed by atoms with Crippen LogP contribution in [0.1, 0.15) is 24.0 Å². The molecule has 4 atom stereocenters. The minimum atomic E-state index is -1.83. The Bertz CT molecular complexity index is 618. The van der Waals surface area contributed by atoms with Crippen molar-refractivity contribution in [1.29, 1.82) is 0 Å². The number of nitrogens with one attached hydrogen (secondary N) is 2. The van der Waals surface area contributed by atoms with Crippen molar-refractivity contribution in [3.8, 4) is 0 Å². The Morgan fingerprint density at radius 2 is 1.15 bits per heavy atom. The number of aromatic amines is 2. The van der Waals surface area contributed by atoms with Crippen molar-refractivity contribution in [2.75, 3.05) is 0 Å². The molecule has 0 aliphatic heterocycles. The summed E-state index contributed by atoms with van der Waals surface area (Å²) in [5, 5.41) is 50.5. The third-order valence-electron chi connectivity index (χ3n) is 2.41. The van der Waals surface area contributed by atoms with Crippen molar-refractivity contribution in [3.63, 3.8) is 0 Å². The lowest BCUT2D eigenvalue weighted by Crippen LogP contribution is -2.37. The first-order valence-electron chi connectivity index (χ1n) is 5.23. The van der Waals surface area contributed by atoms with E-state index in [1.807, 2.05) is 0 Å². The SMILES string of the molecule is O[C@H]([C@H](O)[C@@H](O)c1n[nH]c(=S)o1)[C@H](O)c1n[nH]c(=S)o1. The van der Waals surface area contributed by atoms with Crippen molar-refractivity contribution in [1.82, 2.24) is 20.4 Å². The van der Waals surface area contributed by atoms with Crippen molar-refractivity contribution < 1.29 is 29.3 Å². The van der Waals surface area contributed by atoms with Crippen LogP contribution in [0.4, 0.5) is 0 Å². The number of aliphatic hydroxyl groups excluding tert-OH is 4. The smallest absolute Gasteiger partial charge is 0.284 e. The minimum absolute atomic E-state index is 0.112. The van der Waals surface area contributed by atoms with Crippen LogP contribution in [-0.4, -0.2) is 53.0 Å². The standard InChI is InChI=1S/C8H10N4O6S2/c13-1(3(15)5-9-11-7(19)17-5)2(14)4(16)6-10-12-8(20)18-6/h1-4,13-16H,(H,11,19)(H,12,20)/t1-,2+,3+,4-. The Kier molecular flexibility index (Phi) is 4.42. The maximum Gasteiger partial charge on any atom is 0.284 e. The fraction of sp³-hybridized carbons (Fsp3) is 0.500. The van der Waals surface area contributed by atoms with Gasteiger partial charge >= 0.3 is 0 Å². The quantitative estimate of drug-likeness (QED) is 0.386. The van der Waals surface area contributed by atoms with E-state index in [1.165, 1.54) is 0 Å². The first-order chi connectivity index (χ1) is 9.40. The predicted octanol–water partition coefficient (Wildman–Crippen LogP) is -0.733. The van der Waals surface area contributed by atoms with Gasteiger partial charge in [0.15, 0.2) is 12.2 Å². The highest BCUT2D eigenvalue weighted by Gasteiger charge is 2.36. The molecule has 12 heteroatoms. The molecule has 6 N–H and O–H groups in total. The topological polar surface area (TPSA) is 165 Å². The molecule has 2 heterocycles. The number of hydrogen-bond donors (Lipinski definition) is 6. The average molecular weight is 322 g/mol. The molecule has 2 rings (SSSR count). The second-order valence-electron chi connectivity index (χ2n) is 3.77. The van der Waals surface area contributed by atoms with Crippen molar-refractivity contribution >= 4 is 24.4 Å². The Hall–Kier alpha value is -1.44. The van der Waals surface area contributed by atoms with E-state index in [1.54, 1.807) is 0 Å². The molecule has 0 aliphatic rings. The fourth-order valence-corrected chi connectivity index (χ4v) is 1.66. The van der Waals surface area contributed by atoms with Gasteiger partial charge in [-0.3, -0.25) is 0 Å². The number of H-pyrrole nitrogens is 2. The van der Waals surface area contributed by atoms with Gasteiger partial charge in [0, 0.05) is 0 Å². The molecule has 0 amide bonds. The van der Waals surface area contributed by atoms with Crippen LogP contribution < -0.4 is 0 Å². The van der Waals surface area contributed by atoms with Crippen LogP contribution in [0.3, 0.4) is 0 Å². The van der Waals surface area contributed by atoms with Crippen molar-refractivity contribution in [2.45, 2.75) is 24.4 Å². The molecule has 0 spiro atoms. The second-order valence-corrected chi connectivity index (χ2v) is 4.52. The molecule has 20 heavy (non-hydrogen) atoms. The number of aliphatic hydroxyl groups is 4. The van der Waals surface area contributed by atoms with Crippen LogP contribution in [-0.2, 0) is 0 Å². The highest BCUT2D eigenvalue weighted by molar-refractivity contribution is 7.71. The third kappa shape index (κ3) is 3.00. The van der Waals surface area contributed by atoms with Gasteiger partial charge in [0.2, 0.25) is 11.8 Å². The Morgan fingerprint density at radius 3 is 1.40 bits per heavy atom. The summed E-state index contributed by atoms with van der Waals surface area (Å²) < 4.78 is 9.58. The molecule has 0 unspecified atom stereocenters. The van der Waals surface area contributed by atoms with E-state index in [9.17, 15) is 20.4 Å². The zero-order valence-electron chi connectivity index (χ0n) is 9.63. The maximum absolute atomic E-state index is 9.77. The van der Waals surface area contributed by atoms with Gasteiger partial charge in [-0.25, -0.2) is 10.2 Å². The van der Waals surface area contributed by atoms with Gasteiger partial charge in [0.25, 0.3) is 9.67 Å².